The van der Waals surface area contributed by atoms with Crippen LogP contribution >= 0.6 is 0 Å². The summed E-state index contributed by atoms with van der Waals surface area (Å²) < 4.78 is 1.41. The van der Waals surface area contributed by atoms with Crippen LogP contribution in [0.4, 0.5) is 5.69 Å². The van der Waals surface area contributed by atoms with E-state index in [2.05, 4.69) is 14.9 Å². The monoisotopic (exact) mass is 424 g/mol. The van der Waals surface area contributed by atoms with Gasteiger partial charge < -0.3 is 21.5 Å². The number of aliphatic imine (C=N–C) groups is 1. The Morgan fingerprint density at radius 3 is 2.39 bits per heavy atom. The molecule has 0 radical (unpaired) electrons. The Balaban J connectivity index is 1.59. The molecule has 1 aromatic carbocycles. The Kier molecular flexibility index (Phi) is 5.72. The largest absolute Gasteiger partial charge is 0.392 e. The van der Waals surface area contributed by atoms with Crippen LogP contribution in [0.15, 0.2) is 40.4 Å². The Morgan fingerprint density at radius 2 is 1.84 bits per heavy atom. The van der Waals surface area contributed by atoms with E-state index in [4.69, 9.17) is 11.5 Å². The summed E-state index contributed by atoms with van der Waals surface area (Å²) >= 11 is 0. The number of aromatic nitrogens is 2. The van der Waals surface area contributed by atoms with Gasteiger partial charge in [-0.05, 0) is 44.7 Å². The molecule has 0 spiro atoms. The highest BCUT2D eigenvalue weighted by atomic mass is 16.3. The Labute approximate surface area is 182 Å². The molecule has 0 atom stereocenters. The fourth-order valence-corrected chi connectivity index (χ4v) is 4.49. The molecule has 8 heteroatoms. The van der Waals surface area contributed by atoms with Gasteiger partial charge in [-0.3, -0.25) is 14.4 Å². The second-order valence-corrected chi connectivity index (χ2v) is 9.13. The molecule has 166 valence electrons. The lowest BCUT2D eigenvalue weighted by Crippen LogP contribution is -2.47. The summed E-state index contributed by atoms with van der Waals surface area (Å²) in [6.45, 7) is 1.76. The number of hydrogen-bond donors (Lipinski definition) is 3. The summed E-state index contributed by atoms with van der Waals surface area (Å²) in [4.78, 5) is 23.9. The molecule has 5 N–H and O–H groups in total. The molecule has 2 fully saturated rings. The first-order valence-corrected chi connectivity index (χ1v) is 10.9. The van der Waals surface area contributed by atoms with Gasteiger partial charge in [0.2, 0.25) is 0 Å². The molecule has 0 bridgehead atoms. The first-order chi connectivity index (χ1) is 14.7. The van der Waals surface area contributed by atoms with Gasteiger partial charge in [0.25, 0.3) is 5.56 Å². The zero-order valence-electron chi connectivity index (χ0n) is 18.3. The number of hydrogen-bond acceptors (Lipinski definition) is 7. The van der Waals surface area contributed by atoms with E-state index < -0.39 is 5.60 Å². The minimum Gasteiger partial charge on any atom is -0.392 e. The normalized spacial score (nSPS) is 21.0. The molecule has 0 amide bonds. The van der Waals surface area contributed by atoms with Crippen LogP contribution in [0.5, 0.6) is 0 Å². The van der Waals surface area contributed by atoms with Gasteiger partial charge in [-0.15, -0.1) is 0 Å². The minimum absolute atomic E-state index is 0.0398. The second-order valence-electron chi connectivity index (χ2n) is 9.13. The number of benzene rings is 1. The maximum absolute atomic E-state index is 13.0. The van der Waals surface area contributed by atoms with Crippen molar-refractivity contribution in [1.29, 1.82) is 0 Å². The van der Waals surface area contributed by atoms with E-state index in [1.807, 2.05) is 31.3 Å². The van der Waals surface area contributed by atoms with Crippen molar-refractivity contribution in [2.75, 3.05) is 32.9 Å². The highest BCUT2D eigenvalue weighted by molar-refractivity contribution is 6.14. The minimum atomic E-state index is -0.927. The van der Waals surface area contributed by atoms with Gasteiger partial charge in [0.15, 0.2) is 0 Å². The van der Waals surface area contributed by atoms with Gasteiger partial charge in [-0.25, -0.2) is 4.98 Å². The first kappa shape index (κ1) is 21.7. The van der Waals surface area contributed by atoms with Gasteiger partial charge in [0, 0.05) is 31.2 Å². The lowest BCUT2D eigenvalue weighted by Gasteiger charge is -2.38. The summed E-state index contributed by atoms with van der Waals surface area (Å²) in [6.07, 6.45) is 5.82. The maximum atomic E-state index is 13.0. The lowest BCUT2D eigenvalue weighted by molar-refractivity contribution is -0.0299. The molecule has 0 unspecified atom stereocenters. The van der Waals surface area contributed by atoms with E-state index in [0.717, 1.165) is 43.5 Å². The molecule has 8 nitrogen and oxygen atoms in total. The van der Waals surface area contributed by atoms with E-state index in [1.165, 1.54) is 10.9 Å². The molecule has 1 saturated carbocycles. The van der Waals surface area contributed by atoms with Gasteiger partial charge >= 0.3 is 0 Å². The molecule has 2 aliphatic rings. The van der Waals surface area contributed by atoms with Crippen LogP contribution < -0.4 is 17.0 Å². The van der Waals surface area contributed by atoms with Crippen LogP contribution in [-0.2, 0) is 12.1 Å². The third-order valence-corrected chi connectivity index (χ3v) is 6.88. The van der Waals surface area contributed by atoms with E-state index in [0.29, 0.717) is 24.2 Å². The number of likely N-dealkylation sites (tertiary alicyclic amines) is 1. The quantitative estimate of drug-likeness (QED) is 0.618. The van der Waals surface area contributed by atoms with Crippen molar-refractivity contribution in [2.45, 2.75) is 49.8 Å². The third-order valence-electron chi connectivity index (χ3n) is 6.88. The molecule has 1 aliphatic carbocycles. The summed E-state index contributed by atoms with van der Waals surface area (Å²) in [5.41, 5.74) is 14.0. The molecule has 2 aromatic rings. The maximum Gasteiger partial charge on any atom is 0.277 e. The molecule has 1 aliphatic heterocycles. The number of nitrogens with two attached hydrogens (primary N) is 2. The lowest BCUT2D eigenvalue weighted by atomic mass is 9.72. The first-order valence-electron chi connectivity index (χ1n) is 10.9. The van der Waals surface area contributed by atoms with Gasteiger partial charge in [-0.2, -0.15) is 0 Å². The van der Waals surface area contributed by atoms with Crippen LogP contribution in [0.3, 0.4) is 0 Å². The fourth-order valence-electron chi connectivity index (χ4n) is 4.49. The SMILES string of the molecule is CN=C(c1ccc(C2(N)CCC2)cc1)c1ncn(CC2(O)CCN(C)CC2)c(=O)c1N. The number of nitrogen functional groups attached to an aromatic ring is 1. The molecular formula is C23H32N6O2. The Bertz CT molecular complexity index is 1030. The van der Waals surface area contributed by atoms with Crippen LogP contribution in [0.2, 0.25) is 0 Å². The Morgan fingerprint density at radius 1 is 1.19 bits per heavy atom. The van der Waals surface area contributed by atoms with Crippen molar-refractivity contribution in [3.63, 3.8) is 0 Å². The number of nitrogens with zero attached hydrogens (tertiary/aromatic N) is 4. The van der Waals surface area contributed by atoms with E-state index >= 15 is 0 Å². The van der Waals surface area contributed by atoms with E-state index in [9.17, 15) is 9.90 Å². The van der Waals surface area contributed by atoms with Crippen molar-refractivity contribution < 1.29 is 5.11 Å². The molecule has 4 rings (SSSR count). The molecule has 2 heterocycles. The van der Waals surface area contributed by atoms with Gasteiger partial charge in [-0.1, -0.05) is 24.3 Å². The molecule has 1 saturated heterocycles. The van der Waals surface area contributed by atoms with Crippen molar-refractivity contribution >= 4 is 11.4 Å². The summed E-state index contributed by atoms with van der Waals surface area (Å²) in [7, 11) is 3.69. The van der Waals surface area contributed by atoms with Crippen molar-refractivity contribution in [3.05, 3.63) is 57.8 Å². The van der Waals surface area contributed by atoms with E-state index in [-0.39, 0.29) is 23.3 Å². The number of piperidine rings is 1. The number of rotatable bonds is 5. The zero-order valence-corrected chi connectivity index (χ0v) is 18.3. The number of anilines is 1. The second kappa shape index (κ2) is 8.18. The highest BCUT2D eigenvalue weighted by Gasteiger charge is 2.34. The topological polar surface area (TPSA) is 123 Å². The Hall–Kier alpha value is -2.55. The summed E-state index contributed by atoms with van der Waals surface area (Å²) in [5.74, 6) is 0. The fraction of sp³-hybridized carbons (Fsp3) is 0.522. The van der Waals surface area contributed by atoms with Gasteiger partial charge in [0.1, 0.15) is 11.4 Å². The molecule has 1 aromatic heterocycles. The average Bonchev–Trinajstić information content (AvgIpc) is 2.75. The molecular weight excluding hydrogens is 392 g/mol. The van der Waals surface area contributed by atoms with Crippen molar-refractivity contribution in [1.82, 2.24) is 14.5 Å². The van der Waals surface area contributed by atoms with Crippen molar-refractivity contribution in [2.24, 2.45) is 10.7 Å². The summed E-state index contributed by atoms with van der Waals surface area (Å²) in [5, 5.41) is 10.9. The van der Waals surface area contributed by atoms with Crippen LogP contribution in [0.1, 0.15) is 48.9 Å². The standard InChI is InChI=1S/C23H32N6O2/c1-26-19(16-4-6-17(7-5-16)23(25)8-3-9-23)20-18(24)21(30)29(15-27-20)14-22(31)10-12-28(2)13-11-22/h4-7,15,31H,3,8-14,24-25H2,1-2H3. The average molecular weight is 425 g/mol. The summed E-state index contributed by atoms with van der Waals surface area (Å²) in [6, 6.07) is 7.95. The predicted octanol–water partition coefficient (Wildman–Crippen LogP) is 1.09. The van der Waals surface area contributed by atoms with Crippen LogP contribution in [0, 0.1) is 0 Å². The van der Waals surface area contributed by atoms with Crippen molar-refractivity contribution in [3.8, 4) is 0 Å². The third kappa shape index (κ3) is 4.15. The van der Waals surface area contributed by atoms with Gasteiger partial charge in [0.05, 0.1) is 24.2 Å². The number of aliphatic hydroxyl groups is 1. The molecule has 31 heavy (non-hydrogen) atoms. The smallest absolute Gasteiger partial charge is 0.277 e. The zero-order chi connectivity index (χ0) is 22.2. The highest BCUT2D eigenvalue weighted by Crippen LogP contribution is 2.38. The predicted molar refractivity (Wildman–Crippen MR) is 122 cm³/mol. The van der Waals surface area contributed by atoms with E-state index in [1.54, 1.807) is 7.05 Å². The van der Waals surface area contributed by atoms with Crippen LogP contribution in [0.25, 0.3) is 0 Å². The van der Waals surface area contributed by atoms with Crippen LogP contribution in [-0.4, -0.2) is 58.1 Å².